The van der Waals surface area contributed by atoms with Crippen LogP contribution < -0.4 is 10.1 Å². The fourth-order valence-electron chi connectivity index (χ4n) is 3.10. The molecule has 1 saturated carbocycles. The average molecular weight is 278 g/mol. The molecule has 4 heteroatoms. The molecule has 0 amide bonds. The standard InChI is InChI=1S/C16H23FN2O/c1-20-16-5-4-13(17)11-14(16)15(10-12-2-3-12)19-8-6-18-7-9-19/h4-5,11-12,15,18H,2-3,6-10H2,1H3/t15-/m1/s1. The third-order valence-electron chi connectivity index (χ3n) is 4.40. The zero-order valence-corrected chi connectivity index (χ0v) is 12.1. The Kier molecular flexibility index (Phi) is 4.22. The minimum absolute atomic E-state index is 0.170. The summed E-state index contributed by atoms with van der Waals surface area (Å²) < 4.78 is 19.1. The maximum Gasteiger partial charge on any atom is 0.123 e. The van der Waals surface area contributed by atoms with Crippen LogP contribution >= 0.6 is 0 Å². The summed E-state index contributed by atoms with van der Waals surface area (Å²) in [5.74, 6) is 1.45. The molecule has 1 saturated heterocycles. The molecule has 1 aliphatic heterocycles. The largest absolute Gasteiger partial charge is 0.496 e. The van der Waals surface area contributed by atoms with Gasteiger partial charge in [0.25, 0.3) is 0 Å². The zero-order chi connectivity index (χ0) is 13.9. The molecule has 110 valence electrons. The van der Waals surface area contributed by atoms with Gasteiger partial charge in [-0.05, 0) is 30.5 Å². The van der Waals surface area contributed by atoms with Crippen molar-refractivity contribution in [3.8, 4) is 5.75 Å². The van der Waals surface area contributed by atoms with E-state index in [0.29, 0.717) is 0 Å². The molecule has 1 aromatic carbocycles. The highest BCUT2D eigenvalue weighted by molar-refractivity contribution is 5.37. The van der Waals surface area contributed by atoms with E-state index in [1.807, 2.05) is 0 Å². The van der Waals surface area contributed by atoms with Gasteiger partial charge in [-0.15, -0.1) is 0 Å². The lowest BCUT2D eigenvalue weighted by molar-refractivity contribution is 0.157. The van der Waals surface area contributed by atoms with E-state index in [4.69, 9.17) is 4.74 Å². The average Bonchev–Trinajstić information content (AvgIpc) is 3.30. The Bertz CT molecular complexity index is 456. The molecule has 3 nitrogen and oxygen atoms in total. The van der Waals surface area contributed by atoms with Crippen molar-refractivity contribution in [2.45, 2.75) is 25.3 Å². The summed E-state index contributed by atoms with van der Waals surface area (Å²) in [6.07, 6.45) is 3.76. The van der Waals surface area contributed by atoms with Crippen LogP contribution in [0.4, 0.5) is 4.39 Å². The molecular formula is C16H23FN2O. The van der Waals surface area contributed by atoms with Crippen LogP contribution in [-0.4, -0.2) is 38.2 Å². The van der Waals surface area contributed by atoms with Crippen LogP contribution in [0.25, 0.3) is 0 Å². The Balaban J connectivity index is 1.88. The lowest BCUT2D eigenvalue weighted by Crippen LogP contribution is -2.45. The van der Waals surface area contributed by atoms with Crippen LogP contribution in [0, 0.1) is 11.7 Å². The number of nitrogens with one attached hydrogen (secondary N) is 1. The van der Waals surface area contributed by atoms with E-state index < -0.39 is 0 Å². The van der Waals surface area contributed by atoms with Gasteiger partial charge in [0.1, 0.15) is 11.6 Å². The lowest BCUT2D eigenvalue weighted by Gasteiger charge is -2.36. The molecule has 0 radical (unpaired) electrons. The number of hydrogen-bond donors (Lipinski definition) is 1. The van der Waals surface area contributed by atoms with E-state index in [-0.39, 0.29) is 11.9 Å². The van der Waals surface area contributed by atoms with Gasteiger partial charge in [-0.2, -0.15) is 0 Å². The first kappa shape index (κ1) is 13.8. The quantitative estimate of drug-likeness (QED) is 0.896. The number of benzene rings is 1. The topological polar surface area (TPSA) is 24.5 Å². The third-order valence-corrected chi connectivity index (χ3v) is 4.40. The Morgan fingerprint density at radius 1 is 1.35 bits per heavy atom. The van der Waals surface area contributed by atoms with Crippen LogP contribution in [0.2, 0.25) is 0 Å². The maximum atomic E-state index is 13.7. The van der Waals surface area contributed by atoms with Crippen molar-refractivity contribution >= 4 is 0 Å². The normalized spacial score (nSPS) is 21.7. The summed E-state index contributed by atoms with van der Waals surface area (Å²) in [4.78, 5) is 2.48. The van der Waals surface area contributed by atoms with E-state index in [2.05, 4.69) is 10.2 Å². The number of nitrogens with zero attached hydrogens (tertiary/aromatic N) is 1. The van der Waals surface area contributed by atoms with Gasteiger partial charge < -0.3 is 10.1 Å². The van der Waals surface area contributed by atoms with E-state index in [1.165, 1.54) is 18.9 Å². The monoisotopic (exact) mass is 278 g/mol. The van der Waals surface area contributed by atoms with Crippen molar-refractivity contribution < 1.29 is 9.13 Å². The van der Waals surface area contributed by atoms with Gasteiger partial charge in [0.05, 0.1) is 7.11 Å². The van der Waals surface area contributed by atoms with Crippen LogP contribution in [0.1, 0.15) is 30.9 Å². The minimum Gasteiger partial charge on any atom is -0.496 e. The Morgan fingerprint density at radius 2 is 2.10 bits per heavy atom. The predicted octanol–water partition coefficient (Wildman–Crippen LogP) is 2.58. The van der Waals surface area contributed by atoms with E-state index in [0.717, 1.165) is 49.8 Å². The summed E-state index contributed by atoms with van der Waals surface area (Å²) in [5, 5.41) is 3.38. The van der Waals surface area contributed by atoms with Gasteiger partial charge >= 0.3 is 0 Å². The maximum absolute atomic E-state index is 13.7. The predicted molar refractivity (Wildman–Crippen MR) is 77.5 cm³/mol. The molecule has 0 unspecified atom stereocenters. The summed E-state index contributed by atoms with van der Waals surface area (Å²) in [5.41, 5.74) is 1.02. The molecule has 0 aromatic heterocycles. The fourth-order valence-corrected chi connectivity index (χ4v) is 3.10. The van der Waals surface area contributed by atoms with Crippen LogP contribution in [-0.2, 0) is 0 Å². The van der Waals surface area contributed by atoms with Gasteiger partial charge in [-0.3, -0.25) is 4.90 Å². The first-order chi connectivity index (χ1) is 9.78. The lowest BCUT2D eigenvalue weighted by atomic mass is 9.97. The van der Waals surface area contributed by atoms with Crippen molar-refractivity contribution in [2.24, 2.45) is 5.92 Å². The summed E-state index contributed by atoms with van der Waals surface area (Å²) >= 11 is 0. The second-order valence-corrected chi connectivity index (χ2v) is 5.87. The first-order valence-corrected chi connectivity index (χ1v) is 7.56. The van der Waals surface area contributed by atoms with Crippen LogP contribution in [0.15, 0.2) is 18.2 Å². The second kappa shape index (κ2) is 6.10. The van der Waals surface area contributed by atoms with Gasteiger partial charge in [0.15, 0.2) is 0 Å². The highest BCUT2D eigenvalue weighted by Gasteiger charge is 2.32. The number of halogens is 1. The van der Waals surface area contributed by atoms with E-state index >= 15 is 0 Å². The van der Waals surface area contributed by atoms with E-state index in [9.17, 15) is 4.39 Å². The molecule has 3 rings (SSSR count). The third kappa shape index (κ3) is 3.13. The van der Waals surface area contributed by atoms with Gasteiger partial charge in [0.2, 0.25) is 0 Å². The molecule has 0 spiro atoms. The van der Waals surface area contributed by atoms with Gasteiger partial charge in [0, 0.05) is 37.8 Å². The van der Waals surface area contributed by atoms with Crippen LogP contribution in [0.5, 0.6) is 5.75 Å². The molecule has 2 fully saturated rings. The Hall–Kier alpha value is -1.13. The Morgan fingerprint density at radius 3 is 2.75 bits per heavy atom. The molecule has 1 aliphatic carbocycles. The summed E-state index contributed by atoms with van der Waals surface area (Å²) in [6.45, 7) is 4.08. The van der Waals surface area contributed by atoms with Crippen LogP contribution in [0.3, 0.4) is 0 Å². The SMILES string of the molecule is COc1ccc(F)cc1[C@@H](CC1CC1)N1CCNCC1. The Labute approximate surface area is 120 Å². The summed E-state index contributed by atoms with van der Waals surface area (Å²) in [7, 11) is 1.67. The number of methoxy groups -OCH3 is 1. The smallest absolute Gasteiger partial charge is 0.123 e. The molecule has 2 aliphatic rings. The van der Waals surface area contributed by atoms with Gasteiger partial charge in [-0.25, -0.2) is 4.39 Å². The highest BCUT2D eigenvalue weighted by atomic mass is 19.1. The summed E-state index contributed by atoms with van der Waals surface area (Å²) in [6, 6.07) is 5.19. The molecule has 1 atom stereocenters. The van der Waals surface area contributed by atoms with Crippen molar-refractivity contribution in [1.29, 1.82) is 0 Å². The fraction of sp³-hybridized carbons (Fsp3) is 0.625. The molecule has 1 N–H and O–H groups in total. The van der Waals surface area contributed by atoms with Crippen molar-refractivity contribution in [3.05, 3.63) is 29.6 Å². The van der Waals surface area contributed by atoms with Gasteiger partial charge in [-0.1, -0.05) is 12.8 Å². The van der Waals surface area contributed by atoms with Crippen molar-refractivity contribution in [2.75, 3.05) is 33.3 Å². The molecule has 20 heavy (non-hydrogen) atoms. The van der Waals surface area contributed by atoms with E-state index in [1.54, 1.807) is 19.2 Å². The van der Waals surface area contributed by atoms with Crippen molar-refractivity contribution in [3.63, 3.8) is 0 Å². The number of hydrogen-bond acceptors (Lipinski definition) is 3. The highest BCUT2D eigenvalue weighted by Crippen LogP contribution is 2.42. The van der Waals surface area contributed by atoms with Crippen molar-refractivity contribution in [1.82, 2.24) is 10.2 Å². The molecular weight excluding hydrogens is 255 g/mol. The molecule has 1 heterocycles. The number of rotatable bonds is 5. The second-order valence-electron chi connectivity index (χ2n) is 5.87. The minimum atomic E-state index is -0.170. The number of ether oxygens (including phenoxy) is 1. The molecule has 1 aromatic rings. The molecule has 0 bridgehead atoms. The first-order valence-electron chi connectivity index (χ1n) is 7.56. The number of piperazine rings is 1. The zero-order valence-electron chi connectivity index (χ0n) is 12.1.